The van der Waals surface area contributed by atoms with Crippen LogP contribution >= 0.6 is 11.6 Å². The number of hydrogen-bond acceptors (Lipinski definition) is 4. The van der Waals surface area contributed by atoms with Gasteiger partial charge in [0.2, 0.25) is 0 Å². The second-order valence-electron chi connectivity index (χ2n) is 7.86. The van der Waals surface area contributed by atoms with E-state index in [-0.39, 0.29) is 6.42 Å². The summed E-state index contributed by atoms with van der Waals surface area (Å²) in [5.74, 6) is -10.2. The average molecular weight is 583 g/mol. The fourth-order valence-electron chi connectivity index (χ4n) is 2.90. The topological polar surface area (TPSA) is 52.6 Å². The summed E-state index contributed by atoms with van der Waals surface area (Å²) in [6.07, 6.45) is -19.5. The lowest BCUT2D eigenvalue weighted by molar-refractivity contribution is -0.469. The van der Waals surface area contributed by atoms with Gasteiger partial charge in [-0.05, 0) is 48.2 Å². The van der Waals surface area contributed by atoms with Crippen LogP contribution < -0.4 is 4.74 Å². The normalized spacial score (nSPS) is 14.7. The zero-order valence-electron chi connectivity index (χ0n) is 19.2. The Labute approximate surface area is 213 Å². The van der Waals surface area contributed by atoms with Crippen molar-refractivity contribution in [2.45, 2.75) is 56.3 Å². The average Bonchev–Trinajstić information content (AvgIpc) is 2.77. The van der Waals surface area contributed by atoms with E-state index in [4.69, 9.17) is 0 Å². The van der Waals surface area contributed by atoms with Crippen LogP contribution in [0.25, 0.3) is 0 Å². The van der Waals surface area contributed by atoms with Crippen molar-refractivity contribution in [3.8, 4) is 5.75 Å². The quantitative estimate of drug-likeness (QED) is 0.156. The van der Waals surface area contributed by atoms with Crippen LogP contribution in [0.1, 0.15) is 45.7 Å². The van der Waals surface area contributed by atoms with E-state index in [2.05, 4.69) is 21.1 Å². The highest BCUT2D eigenvalue weighted by atomic mass is 35.5. The van der Waals surface area contributed by atoms with Crippen LogP contribution in [0.3, 0.4) is 0 Å². The van der Waals surface area contributed by atoms with Gasteiger partial charge in [-0.25, -0.2) is 0 Å². The van der Waals surface area contributed by atoms with Crippen LogP contribution in [-0.2, 0) is 17.6 Å². The summed E-state index contributed by atoms with van der Waals surface area (Å²) in [7, 11) is 0. The molecule has 210 valence electrons. The minimum absolute atomic E-state index is 0.288. The summed E-state index contributed by atoms with van der Waals surface area (Å²) in [6, 6.07) is 8.91. The maximum Gasteiger partial charge on any atom is 0.476 e. The predicted molar refractivity (Wildman–Crippen MR) is 113 cm³/mol. The van der Waals surface area contributed by atoms with Gasteiger partial charge in [0.1, 0.15) is 5.75 Å². The molecule has 0 aromatic heterocycles. The third-order valence-electron chi connectivity index (χ3n) is 5.03. The van der Waals surface area contributed by atoms with E-state index in [1.807, 2.05) is 6.92 Å². The van der Waals surface area contributed by atoms with Crippen molar-refractivity contribution in [3.63, 3.8) is 0 Å². The predicted octanol–water partition coefficient (Wildman–Crippen LogP) is 7.52. The first-order chi connectivity index (χ1) is 17.1. The highest BCUT2D eigenvalue weighted by molar-refractivity contribution is 6.22. The van der Waals surface area contributed by atoms with Crippen LogP contribution in [0.5, 0.6) is 5.75 Å². The molecule has 0 fully saturated rings. The van der Waals surface area contributed by atoms with Gasteiger partial charge >= 0.3 is 29.6 Å². The fraction of sp³-hybridized carbons (Fsp3) is 0.391. The van der Waals surface area contributed by atoms with E-state index in [1.54, 1.807) is 24.3 Å². The summed E-state index contributed by atoms with van der Waals surface area (Å²) >= 11 is 4.49. The van der Waals surface area contributed by atoms with Crippen LogP contribution in [0, 0.1) is 0 Å². The van der Waals surface area contributed by atoms with E-state index < -0.39 is 58.1 Å². The molecule has 2 aromatic carbocycles. The molecular formula is C23H17ClF10O4. The van der Waals surface area contributed by atoms with E-state index in [9.17, 15) is 53.5 Å². The Hall–Kier alpha value is -2.87. The molecule has 0 aliphatic carbocycles. The lowest BCUT2D eigenvalue weighted by Crippen LogP contribution is -2.59. The highest BCUT2D eigenvalue weighted by Gasteiger charge is 2.78. The Morgan fingerprint density at radius 3 is 1.82 bits per heavy atom. The number of aryl methyl sites for hydroxylation is 1. The van der Waals surface area contributed by atoms with Gasteiger partial charge in [-0.3, -0.25) is 14.3 Å². The zero-order chi connectivity index (χ0) is 29.3. The summed E-state index contributed by atoms with van der Waals surface area (Å²) in [5.41, 5.74) is 0.268. The van der Waals surface area contributed by atoms with Gasteiger partial charge in [0, 0.05) is 12.0 Å². The number of benzene rings is 2. The number of halogens is 11. The molecule has 0 aliphatic rings. The Bertz CT molecular complexity index is 1180. The van der Waals surface area contributed by atoms with Gasteiger partial charge in [-0.1, -0.05) is 37.3 Å². The molecule has 2 aromatic rings. The van der Waals surface area contributed by atoms with E-state index in [0.29, 0.717) is 18.1 Å². The number of ether oxygens (including phenoxy) is 2. The Morgan fingerprint density at radius 2 is 1.34 bits per heavy atom. The van der Waals surface area contributed by atoms with E-state index in [1.165, 1.54) is 0 Å². The molecule has 4 nitrogen and oxygen atoms in total. The molecule has 0 saturated heterocycles. The third-order valence-corrected chi connectivity index (χ3v) is 5.33. The molecule has 1 atom stereocenters. The number of carbonyl (C=O) groups excluding carboxylic acids is 2. The molecule has 0 saturated carbocycles. The monoisotopic (exact) mass is 582 g/mol. The second kappa shape index (κ2) is 10.7. The lowest BCUT2D eigenvalue weighted by Gasteiger charge is -2.34. The molecule has 2 rings (SSSR count). The Morgan fingerprint density at radius 1 is 0.816 bits per heavy atom. The largest absolute Gasteiger partial charge is 0.476 e. The van der Waals surface area contributed by atoms with Crippen molar-refractivity contribution < 1.29 is 63.0 Å². The van der Waals surface area contributed by atoms with Gasteiger partial charge in [-0.2, -0.15) is 43.9 Å². The van der Waals surface area contributed by atoms with Gasteiger partial charge in [0.25, 0.3) is 0 Å². The van der Waals surface area contributed by atoms with Crippen molar-refractivity contribution in [1.29, 1.82) is 0 Å². The molecule has 0 spiro atoms. The number of alkyl halides is 11. The van der Waals surface area contributed by atoms with E-state index >= 15 is 0 Å². The molecule has 0 amide bonds. The van der Waals surface area contributed by atoms with E-state index in [0.717, 1.165) is 24.6 Å². The fourth-order valence-corrected chi connectivity index (χ4v) is 3.03. The SMILES string of the molecule is CCc1ccc(CC(=O)c2ccc(C(C)=O)c(OC(F)(F)C(F)(Cl)OC(F)(F)C(F)(F)C(F)(F)F)c2)cc1. The lowest BCUT2D eigenvalue weighted by atomic mass is 9.99. The van der Waals surface area contributed by atoms with Gasteiger partial charge in [0.05, 0.1) is 5.56 Å². The Balaban J connectivity index is 2.38. The van der Waals surface area contributed by atoms with Gasteiger partial charge in [-0.15, -0.1) is 0 Å². The molecular weight excluding hydrogens is 566 g/mol. The molecule has 38 heavy (non-hydrogen) atoms. The summed E-state index contributed by atoms with van der Waals surface area (Å²) in [4.78, 5) is 24.4. The van der Waals surface area contributed by atoms with Crippen molar-refractivity contribution >= 4 is 23.2 Å². The first kappa shape index (κ1) is 31.3. The summed E-state index contributed by atoms with van der Waals surface area (Å²) in [5, 5.41) is -5.82. The second-order valence-corrected chi connectivity index (χ2v) is 8.35. The molecule has 0 N–H and O–H groups in total. The van der Waals surface area contributed by atoms with Crippen molar-refractivity contribution in [2.75, 3.05) is 0 Å². The van der Waals surface area contributed by atoms with Crippen LogP contribution in [0.2, 0.25) is 0 Å². The summed E-state index contributed by atoms with van der Waals surface area (Å²) < 4.78 is 139. The van der Waals surface area contributed by atoms with Crippen LogP contribution in [0.15, 0.2) is 42.5 Å². The number of hydrogen-bond donors (Lipinski definition) is 0. The number of Topliss-reactive ketones (excluding diaryl/α,β-unsaturated/α-hetero) is 2. The van der Waals surface area contributed by atoms with Crippen LogP contribution in [0.4, 0.5) is 43.9 Å². The minimum Gasteiger partial charge on any atom is -0.426 e. The number of rotatable bonds is 11. The summed E-state index contributed by atoms with van der Waals surface area (Å²) in [6.45, 7) is 2.68. The first-order valence-corrected chi connectivity index (χ1v) is 10.8. The Kier molecular flexibility index (Phi) is 8.84. The van der Waals surface area contributed by atoms with Crippen molar-refractivity contribution in [2.24, 2.45) is 0 Å². The van der Waals surface area contributed by atoms with Gasteiger partial charge in [0.15, 0.2) is 11.6 Å². The molecule has 1 unspecified atom stereocenters. The zero-order valence-corrected chi connectivity index (χ0v) is 20.0. The van der Waals surface area contributed by atoms with Gasteiger partial charge < -0.3 is 4.74 Å². The number of carbonyl (C=O) groups is 2. The van der Waals surface area contributed by atoms with Crippen molar-refractivity contribution in [3.05, 3.63) is 64.7 Å². The smallest absolute Gasteiger partial charge is 0.426 e. The maximum atomic E-state index is 14.4. The first-order valence-electron chi connectivity index (χ1n) is 10.4. The molecule has 0 radical (unpaired) electrons. The molecule has 0 bridgehead atoms. The molecule has 15 heteroatoms. The molecule has 0 heterocycles. The standard InChI is InChI=1S/C23H17ClF10O4/c1-3-13-4-6-14(7-5-13)10-17(36)15-8-9-16(12(2)35)18(11-15)37-23(33,34)20(24,27)38-22(31,32)19(25,26)21(28,29)30/h4-9,11H,3,10H2,1-2H3. The third kappa shape index (κ3) is 6.57. The highest BCUT2D eigenvalue weighted by Crippen LogP contribution is 2.52. The van der Waals surface area contributed by atoms with Crippen LogP contribution in [-0.4, -0.2) is 41.2 Å². The minimum atomic E-state index is -7.14. The molecule has 0 aliphatic heterocycles. The van der Waals surface area contributed by atoms with Crippen molar-refractivity contribution in [1.82, 2.24) is 0 Å². The number of ketones is 2. The maximum absolute atomic E-state index is 14.4.